The van der Waals surface area contributed by atoms with Crippen LogP contribution in [0.25, 0.3) is 0 Å². The number of halogens is 2. The summed E-state index contributed by atoms with van der Waals surface area (Å²) >= 11 is 0. The molecule has 0 radical (unpaired) electrons. The van der Waals surface area contributed by atoms with Crippen LogP contribution in [0, 0.1) is 0 Å². The molecule has 0 fully saturated rings. The molecule has 0 saturated heterocycles. The molecule has 0 aliphatic carbocycles. The normalized spacial score (nSPS) is 10.1. The maximum Gasteiger partial charge on any atom is 0.283 e. The molecule has 0 aliphatic rings. The summed E-state index contributed by atoms with van der Waals surface area (Å²) in [5, 5.41) is 0. The van der Waals surface area contributed by atoms with Crippen LogP contribution in [0.2, 0.25) is 0 Å². The van der Waals surface area contributed by atoms with Crippen molar-refractivity contribution in [1.82, 2.24) is 0 Å². The molecule has 1 aromatic rings. The topological polar surface area (TPSA) is 0 Å². The van der Waals surface area contributed by atoms with E-state index in [0.717, 1.165) is 0 Å². The monoisotopic (exact) mass is 190 g/mol. The Morgan fingerprint density at radius 1 is 1.08 bits per heavy atom. The van der Waals surface area contributed by atoms with Gasteiger partial charge in [-0.25, -0.2) is 0 Å². The van der Waals surface area contributed by atoms with Gasteiger partial charge in [-0.05, 0) is 0 Å². The Labute approximate surface area is 74.2 Å². The molecular formula is C9H13F2P. The zero-order valence-electron chi connectivity index (χ0n) is 7.22. The average molecular weight is 190 g/mol. The first-order chi connectivity index (χ1) is 5.61. The molecule has 1 aromatic carbocycles. The molecule has 68 valence electrons. The molecular weight excluding hydrogens is 177 g/mol. The van der Waals surface area contributed by atoms with Gasteiger partial charge in [-0.1, -0.05) is 53.4 Å². The van der Waals surface area contributed by atoms with E-state index in [1.807, 2.05) is 13.8 Å². The van der Waals surface area contributed by atoms with E-state index in [9.17, 15) is 8.78 Å². The maximum atomic E-state index is 12.4. The van der Waals surface area contributed by atoms with Crippen molar-refractivity contribution in [2.75, 3.05) is 0 Å². The van der Waals surface area contributed by atoms with Crippen molar-refractivity contribution in [1.29, 1.82) is 0 Å². The van der Waals surface area contributed by atoms with Crippen molar-refractivity contribution >= 4 is 9.24 Å². The Balaban J connectivity index is 0.000000561. The van der Waals surface area contributed by atoms with Gasteiger partial charge >= 0.3 is 0 Å². The lowest BCUT2D eigenvalue weighted by atomic mass is 10.2. The van der Waals surface area contributed by atoms with Crippen LogP contribution in [0.1, 0.15) is 19.4 Å². The molecule has 0 amide bonds. The molecule has 0 saturated carbocycles. The lowest BCUT2D eigenvalue weighted by Gasteiger charge is -2.08. The largest absolute Gasteiger partial charge is 0.283 e. The second kappa shape index (κ2) is 5.21. The molecule has 1 atom stereocenters. The van der Waals surface area contributed by atoms with E-state index in [1.165, 1.54) is 21.4 Å². The van der Waals surface area contributed by atoms with E-state index < -0.39 is 5.66 Å². The first-order valence-electron chi connectivity index (χ1n) is 3.83. The highest BCUT2D eigenvalue weighted by Crippen LogP contribution is 2.33. The minimum atomic E-state index is -2.79. The molecule has 0 aliphatic heterocycles. The smallest absolute Gasteiger partial charge is 0.197 e. The van der Waals surface area contributed by atoms with E-state index in [4.69, 9.17) is 0 Å². The lowest BCUT2D eigenvalue weighted by Crippen LogP contribution is -2.00. The number of alkyl halides is 2. The van der Waals surface area contributed by atoms with Gasteiger partial charge in [0.2, 0.25) is 0 Å². The molecule has 3 heteroatoms. The quantitative estimate of drug-likeness (QED) is 0.593. The van der Waals surface area contributed by atoms with Crippen LogP contribution in [-0.4, -0.2) is 0 Å². The first kappa shape index (κ1) is 11.5. The number of rotatable bonds is 1. The minimum Gasteiger partial charge on any atom is -0.197 e. The standard InChI is InChI=1S/C7H7F2P.C2H6/c8-7(9,10)6-4-2-1-3-5-6;1-2/h1-5H,10H2;1-2H3. The van der Waals surface area contributed by atoms with Crippen molar-refractivity contribution in [3.05, 3.63) is 35.9 Å². The Hall–Kier alpha value is -0.490. The zero-order chi connectivity index (χ0) is 9.61. The predicted octanol–water partition coefficient (Wildman–Crippen LogP) is 3.64. The van der Waals surface area contributed by atoms with Gasteiger partial charge < -0.3 is 0 Å². The summed E-state index contributed by atoms with van der Waals surface area (Å²) in [4.78, 5) is 0. The minimum absolute atomic E-state index is 0.0278. The molecule has 0 N–H and O–H groups in total. The van der Waals surface area contributed by atoms with Crippen LogP contribution in [0.5, 0.6) is 0 Å². The average Bonchev–Trinajstić information content (AvgIpc) is 2.08. The molecule has 1 rings (SSSR count). The fourth-order valence-corrected chi connectivity index (χ4v) is 0.853. The van der Waals surface area contributed by atoms with E-state index in [-0.39, 0.29) is 5.56 Å². The van der Waals surface area contributed by atoms with Gasteiger partial charge in [0.1, 0.15) is 0 Å². The van der Waals surface area contributed by atoms with Crippen LogP contribution >= 0.6 is 9.24 Å². The maximum absolute atomic E-state index is 12.4. The van der Waals surface area contributed by atoms with E-state index in [1.54, 1.807) is 18.2 Å². The summed E-state index contributed by atoms with van der Waals surface area (Å²) in [6.07, 6.45) is 0. The van der Waals surface area contributed by atoms with Gasteiger partial charge in [0.15, 0.2) is 0 Å². The van der Waals surface area contributed by atoms with Crippen LogP contribution < -0.4 is 0 Å². The summed E-state index contributed by atoms with van der Waals surface area (Å²) in [6, 6.07) is 7.68. The Morgan fingerprint density at radius 2 is 1.50 bits per heavy atom. The Morgan fingerprint density at radius 3 is 1.75 bits per heavy atom. The SMILES string of the molecule is CC.FC(F)(P)c1ccccc1. The highest BCUT2D eigenvalue weighted by molar-refractivity contribution is 7.17. The highest BCUT2D eigenvalue weighted by atomic mass is 31.0. The molecule has 1 unspecified atom stereocenters. The summed E-state index contributed by atoms with van der Waals surface area (Å²) in [5.41, 5.74) is -2.76. The van der Waals surface area contributed by atoms with Crippen LogP contribution in [-0.2, 0) is 5.66 Å². The van der Waals surface area contributed by atoms with Gasteiger partial charge in [-0.3, -0.25) is 0 Å². The van der Waals surface area contributed by atoms with Crippen molar-refractivity contribution < 1.29 is 8.78 Å². The van der Waals surface area contributed by atoms with Gasteiger partial charge in [-0.15, -0.1) is 0 Å². The Kier molecular flexibility index (Phi) is 5.00. The summed E-state index contributed by atoms with van der Waals surface area (Å²) in [6.45, 7) is 4.00. The van der Waals surface area contributed by atoms with E-state index >= 15 is 0 Å². The van der Waals surface area contributed by atoms with Crippen molar-refractivity contribution in [3.8, 4) is 0 Å². The number of hydrogen-bond donors (Lipinski definition) is 0. The van der Waals surface area contributed by atoms with Gasteiger partial charge in [0.25, 0.3) is 5.66 Å². The van der Waals surface area contributed by atoms with E-state index in [0.29, 0.717) is 0 Å². The number of benzene rings is 1. The predicted molar refractivity (Wildman–Crippen MR) is 51.4 cm³/mol. The number of hydrogen-bond acceptors (Lipinski definition) is 0. The fraction of sp³-hybridized carbons (Fsp3) is 0.333. The van der Waals surface area contributed by atoms with Gasteiger partial charge in [0, 0.05) is 5.56 Å². The lowest BCUT2D eigenvalue weighted by molar-refractivity contribution is 0.104. The first-order valence-corrected chi connectivity index (χ1v) is 4.40. The third-order valence-electron chi connectivity index (χ3n) is 1.16. The second-order valence-corrected chi connectivity index (χ2v) is 2.71. The Bertz CT molecular complexity index is 204. The second-order valence-electron chi connectivity index (χ2n) is 1.99. The van der Waals surface area contributed by atoms with Crippen molar-refractivity contribution in [2.24, 2.45) is 0 Å². The van der Waals surface area contributed by atoms with Crippen LogP contribution in [0.4, 0.5) is 8.78 Å². The molecule has 0 bridgehead atoms. The summed E-state index contributed by atoms with van der Waals surface area (Å²) in [5.74, 6) is 0. The molecule has 0 nitrogen and oxygen atoms in total. The highest BCUT2D eigenvalue weighted by Gasteiger charge is 2.22. The third-order valence-corrected chi connectivity index (χ3v) is 1.49. The molecule has 0 spiro atoms. The molecule has 0 aromatic heterocycles. The molecule has 0 heterocycles. The van der Waals surface area contributed by atoms with Crippen LogP contribution in [0.3, 0.4) is 0 Å². The molecule has 12 heavy (non-hydrogen) atoms. The van der Waals surface area contributed by atoms with Crippen LogP contribution in [0.15, 0.2) is 30.3 Å². The summed E-state index contributed by atoms with van der Waals surface area (Å²) in [7, 11) is 1.50. The van der Waals surface area contributed by atoms with Gasteiger partial charge in [0.05, 0.1) is 0 Å². The van der Waals surface area contributed by atoms with E-state index in [2.05, 4.69) is 0 Å². The fourth-order valence-electron chi connectivity index (χ4n) is 0.660. The third kappa shape index (κ3) is 3.77. The van der Waals surface area contributed by atoms with Crippen molar-refractivity contribution in [3.63, 3.8) is 0 Å². The summed E-state index contributed by atoms with van der Waals surface area (Å²) < 4.78 is 24.8. The zero-order valence-corrected chi connectivity index (χ0v) is 8.37. The van der Waals surface area contributed by atoms with Crippen molar-refractivity contribution in [2.45, 2.75) is 19.5 Å². The van der Waals surface area contributed by atoms with Gasteiger partial charge in [-0.2, -0.15) is 8.78 Å².